The zero-order valence-electron chi connectivity index (χ0n) is 57.4. The van der Waals surface area contributed by atoms with E-state index in [-0.39, 0.29) is 37.1 Å². The molecule has 3 saturated carbocycles. The number of carboxylic acid groups (broad SMARTS) is 3. The molecule has 0 bridgehead atoms. The topological polar surface area (TPSA) is 599 Å². The summed E-state index contributed by atoms with van der Waals surface area (Å²) in [5.74, 6) is -4.90. The first-order valence-corrected chi connectivity index (χ1v) is 35.0. The number of nitriles is 3. The molecular formula is C69H78N18O21. The Balaban J connectivity index is 0.000000143. The summed E-state index contributed by atoms with van der Waals surface area (Å²) in [6.07, 6.45) is 1.12. The van der Waals surface area contributed by atoms with Crippen molar-refractivity contribution in [2.24, 2.45) is 11.8 Å². The molecular weight excluding hydrogens is 1420 g/mol. The van der Waals surface area contributed by atoms with Crippen LogP contribution in [0.1, 0.15) is 102 Å². The summed E-state index contributed by atoms with van der Waals surface area (Å²) in [6, 6.07) is 11.1. The summed E-state index contributed by atoms with van der Waals surface area (Å²) in [5.41, 5.74) is 3.62. The van der Waals surface area contributed by atoms with Crippen LogP contribution < -0.4 is 0 Å². The van der Waals surface area contributed by atoms with Crippen molar-refractivity contribution in [3.8, 4) is 52.0 Å². The van der Waals surface area contributed by atoms with Crippen LogP contribution in [-0.4, -0.2) is 257 Å². The largest absolute Gasteiger partial charge is 0.479 e. The number of hydrogen-bond donors (Lipinski definition) is 15. The Kier molecular flexibility index (Phi) is 22.7. The van der Waals surface area contributed by atoms with E-state index in [0.29, 0.717) is 83.7 Å². The molecule has 3 saturated heterocycles. The Bertz CT molecular complexity index is 4760. The zero-order valence-corrected chi connectivity index (χ0v) is 57.4. The van der Waals surface area contributed by atoms with Gasteiger partial charge in [0.1, 0.15) is 90.9 Å². The van der Waals surface area contributed by atoms with Crippen molar-refractivity contribution in [3.63, 3.8) is 0 Å². The fourth-order valence-electron chi connectivity index (χ4n) is 15.6. The van der Waals surface area contributed by atoms with Gasteiger partial charge in [-0.05, 0) is 56.7 Å². The lowest BCUT2D eigenvalue weighted by atomic mass is 9.89. The van der Waals surface area contributed by atoms with Gasteiger partial charge in [0.2, 0.25) is 0 Å². The molecule has 9 aromatic heterocycles. The van der Waals surface area contributed by atoms with Crippen molar-refractivity contribution >= 4 is 51.0 Å². The highest BCUT2D eigenvalue weighted by Gasteiger charge is 2.56. The number of rotatable bonds is 21. The van der Waals surface area contributed by atoms with Gasteiger partial charge in [0.25, 0.3) is 0 Å². The normalized spacial score (nSPS) is 29.6. The smallest absolute Gasteiger partial charge is 0.335 e. The second-order valence-corrected chi connectivity index (χ2v) is 27.4. The Labute approximate surface area is 611 Å². The van der Waals surface area contributed by atoms with E-state index in [2.05, 4.69) is 78.4 Å². The predicted octanol–water partition coefficient (Wildman–Crippen LogP) is 1.34. The first kappa shape index (κ1) is 76.0. The summed E-state index contributed by atoms with van der Waals surface area (Å²) < 4.78 is 39.4. The SMILES string of the molecule is N#CCC(C1CCCC1OC1OC(C(=O)O)C(O)C(O)C1O)n1cc(-c2ncnc3[nH]ccc23)cn1.N#CCC(OC1OC(C(=O)O)C(O)C(O)C1O)(C1CCCC1)n1cc(-c2ncnc3[nH]ccc23)cn1.N#CCC(n1cc(-c2ncnc3[nH]ccc23)cn1)C1(OC2OC(C(=O)O)C(O)C(O)C2O)CCCC1. The summed E-state index contributed by atoms with van der Waals surface area (Å²) in [6.45, 7) is 0. The number of fused-ring (bicyclic) bond motifs is 3. The number of carbonyl (C=O) groups is 3. The Hall–Kier alpha value is -10.2. The van der Waals surface area contributed by atoms with Crippen LogP contribution in [0, 0.1) is 45.8 Å². The summed E-state index contributed by atoms with van der Waals surface area (Å²) in [4.78, 5) is 69.5. The fraction of sp³-hybridized carbons (Fsp3) is 0.522. The molecule has 3 aliphatic heterocycles. The molecule has 12 heterocycles. The van der Waals surface area contributed by atoms with Crippen molar-refractivity contribution in [2.75, 3.05) is 0 Å². The number of carboxylic acids is 3. The number of H-pyrrole nitrogens is 3. The molecule has 0 aromatic carbocycles. The third kappa shape index (κ3) is 14.8. The van der Waals surface area contributed by atoms with Crippen LogP contribution in [0.3, 0.4) is 0 Å². The van der Waals surface area contributed by atoms with Crippen molar-refractivity contribution in [1.82, 2.24) is 74.2 Å². The first-order valence-electron chi connectivity index (χ1n) is 35.0. The molecule has 9 aromatic rings. The number of aliphatic hydroxyl groups excluding tert-OH is 9. The lowest BCUT2D eigenvalue weighted by Crippen LogP contribution is -2.62. The molecule has 6 fully saturated rings. The summed E-state index contributed by atoms with van der Waals surface area (Å²) >= 11 is 0. The second-order valence-electron chi connectivity index (χ2n) is 27.4. The highest BCUT2D eigenvalue weighted by molar-refractivity contribution is 5.92. The van der Waals surface area contributed by atoms with Gasteiger partial charge in [-0.1, -0.05) is 32.1 Å². The Morgan fingerprint density at radius 2 is 0.981 bits per heavy atom. The third-order valence-electron chi connectivity index (χ3n) is 21.1. The minimum absolute atomic E-state index is 0.0147. The van der Waals surface area contributed by atoms with E-state index in [0.717, 1.165) is 53.8 Å². The maximum Gasteiger partial charge on any atom is 0.335 e. The number of ether oxygens (including phenoxy) is 6. The molecule has 15 N–H and O–H groups in total. The first-order chi connectivity index (χ1) is 52.1. The van der Waals surface area contributed by atoms with Crippen molar-refractivity contribution in [1.29, 1.82) is 15.8 Å². The molecule has 20 atom stereocenters. The second kappa shape index (κ2) is 32.3. The molecule has 39 heteroatoms. The number of nitrogens with one attached hydrogen (secondary N) is 3. The number of nitrogens with zero attached hydrogens (tertiary/aromatic N) is 15. The van der Waals surface area contributed by atoms with E-state index in [1.165, 1.54) is 23.7 Å². The van der Waals surface area contributed by atoms with E-state index < -0.39 is 133 Å². The number of aliphatic hydroxyl groups is 9. The molecule has 0 radical (unpaired) electrons. The fourth-order valence-corrected chi connectivity index (χ4v) is 15.6. The predicted molar refractivity (Wildman–Crippen MR) is 363 cm³/mol. The van der Waals surface area contributed by atoms with Gasteiger partial charge in [-0.3, -0.25) is 9.36 Å². The average Bonchev–Trinajstić information content (AvgIpc) is 1.49. The van der Waals surface area contributed by atoms with E-state index in [1.54, 1.807) is 58.9 Å². The lowest BCUT2D eigenvalue weighted by molar-refractivity contribution is -0.344. The van der Waals surface area contributed by atoms with Crippen LogP contribution >= 0.6 is 0 Å². The molecule has 6 aliphatic rings. The average molecular weight is 1500 g/mol. The van der Waals surface area contributed by atoms with Crippen molar-refractivity contribution in [2.45, 2.75) is 212 Å². The molecule has 20 unspecified atom stereocenters. The number of hydrogen-bond acceptors (Lipinski definition) is 30. The summed E-state index contributed by atoms with van der Waals surface area (Å²) in [7, 11) is 0. The van der Waals surface area contributed by atoms with Crippen molar-refractivity contribution < 1.29 is 104 Å². The molecule has 0 spiro atoms. The van der Waals surface area contributed by atoms with Gasteiger partial charge in [0.05, 0.1) is 96.9 Å². The van der Waals surface area contributed by atoms with Crippen LogP contribution in [-0.2, 0) is 48.5 Å². The van der Waals surface area contributed by atoms with E-state index in [4.69, 9.17) is 28.4 Å². The molecule has 3 aliphatic carbocycles. The van der Waals surface area contributed by atoms with Crippen LogP contribution in [0.4, 0.5) is 0 Å². The molecule has 570 valence electrons. The monoisotopic (exact) mass is 1490 g/mol. The van der Waals surface area contributed by atoms with Crippen LogP contribution in [0.15, 0.2) is 93.0 Å². The van der Waals surface area contributed by atoms with Gasteiger partial charge in [0.15, 0.2) is 42.9 Å². The van der Waals surface area contributed by atoms with Gasteiger partial charge in [-0.15, -0.1) is 0 Å². The minimum atomic E-state index is -1.85. The van der Waals surface area contributed by atoms with Gasteiger partial charge in [-0.25, -0.2) is 49.0 Å². The molecule has 39 nitrogen and oxygen atoms in total. The van der Waals surface area contributed by atoms with E-state index in [1.807, 2.05) is 24.4 Å². The highest BCUT2D eigenvalue weighted by atomic mass is 16.7. The minimum Gasteiger partial charge on any atom is -0.479 e. The Morgan fingerprint density at radius 1 is 0.528 bits per heavy atom. The number of aliphatic carboxylic acids is 3. The van der Waals surface area contributed by atoms with Gasteiger partial charge < -0.3 is 105 Å². The van der Waals surface area contributed by atoms with Crippen LogP contribution in [0.2, 0.25) is 0 Å². The Morgan fingerprint density at radius 3 is 1.48 bits per heavy atom. The molecule has 15 rings (SSSR count). The molecule has 0 amide bonds. The van der Waals surface area contributed by atoms with E-state index in [9.17, 15) is 91.4 Å². The standard InChI is InChI=1S/3C23H26N6O7/c24-7-3-14(29-10-12(9-28-29)15-13-4-8-25-20(13)27-11-26-15)23(5-1-2-6-23)36-22-18(32)16(30)17(31)19(35-22)21(33)34;24-6-4-14(29-9-11(8-28-29)16-13-5-7-25-21(13)27-10-26-16)12-2-1-3-15(12)35-23-19(32)17(30)18(31)20(36-23)22(33)34;24-7-6-23(13-3-1-2-4-13,36-22-18(32)16(30)17(31)19(35-22)21(33)34)29-10-12(9-28-29)15-14-5-8-25-20(14)27-11-26-15/h4,8-11,14,16-19,22,30-32H,1-3,5-6H2,(H,33,34)(H,25,26,27);5,7-10,12,14-15,17-20,23,30-32H,1-4H2,(H,33,34)(H,25,26,27);5,8-11,13,16-19,22,30-32H,1-4,6H2,(H,33,34)(H,25,26,27). The maximum atomic E-state index is 11.6. The van der Waals surface area contributed by atoms with Gasteiger partial charge >= 0.3 is 17.9 Å². The summed E-state index contributed by atoms with van der Waals surface area (Å²) in [5, 5.41) is 165. The van der Waals surface area contributed by atoms with Crippen molar-refractivity contribution in [3.05, 3.63) is 93.0 Å². The highest BCUT2D eigenvalue weighted by Crippen LogP contribution is 2.48. The quantitative estimate of drug-likeness (QED) is 0.0482. The van der Waals surface area contributed by atoms with Gasteiger partial charge in [0, 0.05) is 81.9 Å². The molecule has 108 heavy (non-hydrogen) atoms. The van der Waals surface area contributed by atoms with Crippen LogP contribution in [0.25, 0.3) is 66.9 Å². The van der Waals surface area contributed by atoms with E-state index >= 15 is 0 Å². The zero-order chi connectivity index (χ0) is 76.3. The lowest BCUT2D eigenvalue weighted by Gasteiger charge is -2.45. The van der Waals surface area contributed by atoms with Gasteiger partial charge in [-0.2, -0.15) is 31.1 Å². The van der Waals surface area contributed by atoms with Crippen LogP contribution in [0.5, 0.6) is 0 Å². The number of aromatic amines is 3. The third-order valence-corrected chi connectivity index (χ3v) is 21.1. The number of aromatic nitrogens is 15. The maximum absolute atomic E-state index is 11.6.